The number of nitrogens with zero attached hydrogens (tertiary/aromatic N) is 4. The van der Waals surface area contributed by atoms with Crippen molar-refractivity contribution in [1.29, 1.82) is 0 Å². The molecule has 2 aromatic heterocycles. The van der Waals surface area contributed by atoms with Gasteiger partial charge < -0.3 is 14.8 Å². The number of ether oxygens (including phenoxy) is 2. The van der Waals surface area contributed by atoms with Gasteiger partial charge >= 0.3 is 0 Å². The van der Waals surface area contributed by atoms with Gasteiger partial charge in [-0.25, -0.2) is 9.67 Å². The van der Waals surface area contributed by atoms with E-state index in [1.807, 2.05) is 19.1 Å². The molecule has 2 heterocycles. The first-order chi connectivity index (χ1) is 9.22. The number of rotatable bonds is 6. The maximum Gasteiger partial charge on any atom is 0.213 e. The zero-order chi connectivity index (χ0) is 13.7. The van der Waals surface area contributed by atoms with Gasteiger partial charge in [-0.05, 0) is 12.5 Å². The molecule has 7 heteroatoms. The highest BCUT2D eigenvalue weighted by Crippen LogP contribution is 2.13. The monoisotopic (exact) mass is 263 g/mol. The molecular weight excluding hydrogens is 246 g/mol. The molecule has 2 aromatic rings. The predicted octanol–water partition coefficient (Wildman–Crippen LogP) is 1.21. The highest BCUT2D eigenvalue weighted by Gasteiger charge is 2.04. The van der Waals surface area contributed by atoms with E-state index in [4.69, 9.17) is 9.47 Å². The number of aromatic nitrogens is 4. The molecule has 0 unspecified atom stereocenters. The van der Waals surface area contributed by atoms with Crippen molar-refractivity contribution in [2.75, 3.05) is 19.5 Å². The molecular formula is C12H17N5O2. The molecule has 2 rings (SSSR count). The normalized spacial score (nSPS) is 10.5. The lowest BCUT2D eigenvalue weighted by Gasteiger charge is -2.07. The third-order valence-corrected chi connectivity index (χ3v) is 2.64. The zero-order valence-corrected chi connectivity index (χ0v) is 11.3. The van der Waals surface area contributed by atoms with Crippen LogP contribution in [0.25, 0.3) is 0 Å². The molecule has 0 saturated heterocycles. The van der Waals surface area contributed by atoms with Crippen molar-refractivity contribution in [2.45, 2.75) is 20.2 Å². The minimum Gasteiger partial charge on any atom is -0.481 e. The van der Waals surface area contributed by atoms with Gasteiger partial charge in [0.2, 0.25) is 5.88 Å². The molecule has 0 aliphatic heterocycles. The Kier molecular flexibility index (Phi) is 4.30. The van der Waals surface area contributed by atoms with E-state index in [1.165, 1.54) is 0 Å². The Morgan fingerprint density at radius 1 is 1.32 bits per heavy atom. The molecule has 0 radical (unpaired) electrons. The van der Waals surface area contributed by atoms with E-state index in [1.54, 1.807) is 25.1 Å². The summed E-state index contributed by atoms with van der Waals surface area (Å²) in [5, 5.41) is 11.1. The Morgan fingerprint density at radius 3 is 2.84 bits per heavy atom. The summed E-state index contributed by atoms with van der Waals surface area (Å²) in [4.78, 5) is 4.32. The number of hydrogen-bond donors (Lipinski definition) is 1. The topological polar surface area (TPSA) is 74.1 Å². The van der Waals surface area contributed by atoms with Crippen LogP contribution in [0, 0.1) is 6.92 Å². The molecule has 0 aliphatic rings. The summed E-state index contributed by atoms with van der Waals surface area (Å²) in [6.07, 6.45) is 1.79. The standard InChI is InChI=1S/C12H17N5O2/c1-9-10(4-5-12(14-9)19-3)6-13-11-7-17(8-18-2)16-15-11/h4-5,7,13H,6,8H2,1-3H3. The molecule has 1 N–H and O–H groups in total. The summed E-state index contributed by atoms with van der Waals surface area (Å²) in [5.41, 5.74) is 2.01. The molecule has 0 spiro atoms. The Bertz CT molecular complexity index is 541. The number of hydrogen-bond acceptors (Lipinski definition) is 6. The molecule has 102 valence electrons. The van der Waals surface area contributed by atoms with Crippen LogP contribution in [0.15, 0.2) is 18.3 Å². The Morgan fingerprint density at radius 2 is 2.16 bits per heavy atom. The maximum atomic E-state index is 5.07. The largest absolute Gasteiger partial charge is 0.481 e. The predicted molar refractivity (Wildman–Crippen MR) is 69.9 cm³/mol. The lowest BCUT2D eigenvalue weighted by molar-refractivity contribution is 0.119. The van der Waals surface area contributed by atoms with E-state index in [-0.39, 0.29) is 0 Å². The molecule has 0 aliphatic carbocycles. The van der Waals surface area contributed by atoms with Crippen molar-refractivity contribution in [1.82, 2.24) is 20.0 Å². The minimum atomic E-state index is 0.387. The number of pyridine rings is 1. The van der Waals surface area contributed by atoms with Gasteiger partial charge in [0.25, 0.3) is 0 Å². The fraction of sp³-hybridized carbons (Fsp3) is 0.417. The number of methoxy groups -OCH3 is 2. The van der Waals surface area contributed by atoms with Crippen molar-refractivity contribution >= 4 is 5.82 Å². The summed E-state index contributed by atoms with van der Waals surface area (Å²) in [5.74, 6) is 1.32. The van der Waals surface area contributed by atoms with Gasteiger partial charge in [-0.15, -0.1) is 5.10 Å². The average Bonchev–Trinajstić information content (AvgIpc) is 2.85. The van der Waals surface area contributed by atoms with Gasteiger partial charge in [0.15, 0.2) is 5.82 Å². The van der Waals surface area contributed by atoms with Crippen LogP contribution in [0.5, 0.6) is 5.88 Å². The summed E-state index contributed by atoms with van der Waals surface area (Å²) >= 11 is 0. The summed E-state index contributed by atoms with van der Waals surface area (Å²) in [7, 11) is 3.22. The minimum absolute atomic E-state index is 0.387. The molecule has 19 heavy (non-hydrogen) atoms. The molecule has 0 bridgehead atoms. The zero-order valence-electron chi connectivity index (χ0n) is 11.3. The van der Waals surface area contributed by atoms with Gasteiger partial charge in [-0.2, -0.15) is 0 Å². The smallest absolute Gasteiger partial charge is 0.213 e. The fourth-order valence-electron chi connectivity index (χ4n) is 1.63. The first kappa shape index (κ1) is 13.3. The second-order valence-electron chi connectivity index (χ2n) is 4.01. The first-order valence-electron chi connectivity index (χ1n) is 5.86. The molecule has 0 amide bonds. The lowest BCUT2D eigenvalue weighted by atomic mass is 10.2. The van der Waals surface area contributed by atoms with Crippen LogP contribution in [0.2, 0.25) is 0 Å². The van der Waals surface area contributed by atoms with E-state index in [9.17, 15) is 0 Å². The molecule has 0 atom stereocenters. The molecule has 7 nitrogen and oxygen atoms in total. The lowest BCUT2D eigenvalue weighted by Crippen LogP contribution is -2.03. The summed E-state index contributed by atoms with van der Waals surface area (Å²) < 4.78 is 11.6. The van der Waals surface area contributed by atoms with Gasteiger partial charge in [0, 0.05) is 25.4 Å². The van der Waals surface area contributed by atoms with Gasteiger partial charge in [0.1, 0.15) is 6.73 Å². The SMILES string of the molecule is COCn1cc(NCc2ccc(OC)nc2C)nn1. The number of nitrogens with one attached hydrogen (secondary N) is 1. The van der Waals surface area contributed by atoms with E-state index >= 15 is 0 Å². The van der Waals surface area contributed by atoms with Crippen molar-refractivity contribution in [3.8, 4) is 5.88 Å². The maximum absolute atomic E-state index is 5.07. The van der Waals surface area contributed by atoms with Crippen LogP contribution >= 0.6 is 0 Å². The summed E-state index contributed by atoms with van der Waals surface area (Å²) in [6.45, 7) is 2.97. The molecule has 0 aromatic carbocycles. The fourth-order valence-corrected chi connectivity index (χ4v) is 1.63. The van der Waals surface area contributed by atoms with Crippen LogP contribution < -0.4 is 10.1 Å². The van der Waals surface area contributed by atoms with E-state index in [0.29, 0.717) is 25.0 Å². The van der Waals surface area contributed by atoms with Gasteiger partial charge in [-0.1, -0.05) is 11.3 Å². The van der Waals surface area contributed by atoms with Crippen molar-refractivity contribution in [2.24, 2.45) is 0 Å². The van der Waals surface area contributed by atoms with Crippen LogP contribution in [0.4, 0.5) is 5.82 Å². The Labute approximate surface area is 111 Å². The quantitative estimate of drug-likeness (QED) is 0.844. The summed E-state index contributed by atoms with van der Waals surface area (Å²) in [6, 6.07) is 3.82. The second-order valence-corrected chi connectivity index (χ2v) is 4.01. The average molecular weight is 263 g/mol. The Balaban J connectivity index is 1.97. The van der Waals surface area contributed by atoms with Gasteiger partial charge in [-0.3, -0.25) is 0 Å². The third-order valence-electron chi connectivity index (χ3n) is 2.64. The number of anilines is 1. The van der Waals surface area contributed by atoms with E-state index in [0.717, 1.165) is 11.3 Å². The van der Waals surface area contributed by atoms with Crippen LogP contribution in [0.1, 0.15) is 11.3 Å². The van der Waals surface area contributed by atoms with E-state index < -0.39 is 0 Å². The first-order valence-corrected chi connectivity index (χ1v) is 5.86. The van der Waals surface area contributed by atoms with Crippen molar-refractivity contribution < 1.29 is 9.47 Å². The van der Waals surface area contributed by atoms with Crippen LogP contribution in [-0.4, -0.2) is 34.2 Å². The highest BCUT2D eigenvalue weighted by molar-refractivity contribution is 5.33. The van der Waals surface area contributed by atoms with Crippen molar-refractivity contribution in [3.63, 3.8) is 0 Å². The molecule has 0 saturated carbocycles. The van der Waals surface area contributed by atoms with Crippen LogP contribution in [-0.2, 0) is 18.0 Å². The number of aryl methyl sites for hydroxylation is 1. The molecule has 0 fully saturated rings. The van der Waals surface area contributed by atoms with Crippen LogP contribution in [0.3, 0.4) is 0 Å². The third kappa shape index (κ3) is 3.41. The van der Waals surface area contributed by atoms with Gasteiger partial charge in [0.05, 0.1) is 13.3 Å². The highest BCUT2D eigenvalue weighted by atomic mass is 16.5. The second kappa shape index (κ2) is 6.14. The van der Waals surface area contributed by atoms with Crippen molar-refractivity contribution in [3.05, 3.63) is 29.6 Å². The van der Waals surface area contributed by atoms with E-state index in [2.05, 4.69) is 20.6 Å². The Hall–Kier alpha value is -2.15.